The van der Waals surface area contributed by atoms with Gasteiger partial charge in [0.2, 0.25) is 0 Å². The lowest BCUT2D eigenvalue weighted by Crippen LogP contribution is -2.37. The minimum atomic E-state index is 0.614. The zero-order chi connectivity index (χ0) is 10.5. The fourth-order valence-corrected chi connectivity index (χ4v) is 2.65. The minimum absolute atomic E-state index is 0.614. The van der Waals surface area contributed by atoms with Crippen molar-refractivity contribution in [2.75, 3.05) is 6.54 Å². The molecule has 3 heteroatoms. The minimum Gasteiger partial charge on any atom is -0.349 e. The predicted molar refractivity (Wildman–Crippen MR) is 61.7 cm³/mol. The highest BCUT2D eigenvalue weighted by Gasteiger charge is 2.24. The Kier molecular flexibility index (Phi) is 3.78. The maximum atomic E-state index is 4.31. The predicted octanol–water partition coefficient (Wildman–Crippen LogP) is 2.12. The van der Waals surface area contributed by atoms with E-state index in [0.29, 0.717) is 6.04 Å². The van der Waals surface area contributed by atoms with Crippen LogP contribution in [0, 0.1) is 5.92 Å². The number of likely N-dealkylation sites (N-methyl/N-ethyl adjacent to an activating group) is 1. The lowest BCUT2D eigenvalue weighted by Gasteiger charge is -2.23. The van der Waals surface area contributed by atoms with Crippen molar-refractivity contribution >= 4 is 0 Å². The van der Waals surface area contributed by atoms with E-state index in [0.717, 1.165) is 24.7 Å². The summed E-state index contributed by atoms with van der Waals surface area (Å²) in [6.45, 7) is 3.24. The second-order valence-corrected chi connectivity index (χ2v) is 4.45. The molecule has 0 bridgehead atoms. The summed E-state index contributed by atoms with van der Waals surface area (Å²) < 4.78 is 0. The van der Waals surface area contributed by atoms with Crippen LogP contribution in [-0.2, 0) is 6.42 Å². The molecule has 1 fully saturated rings. The van der Waals surface area contributed by atoms with E-state index in [-0.39, 0.29) is 0 Å². The van der Waals surface area contributed by atoms with E-state index < -0.39 is 0 Å². The molecule has 2 N–H and O–H groups in total. The number of nitrogens with zero attached hydrogens (tertiary/aromatic N) is 1. The summed E-state index contributed by atoms with van der Waals surface area (Å²) in [6, 6.07) is 0.614. The number of H-pyrrole nitrogens is 1. The van der Waals surface area contributed by atoms with Gasteiger partial charge in [-0.05, 0) is 25.3 Å². The lowest BCUT2D eigenvalue weighted by molar-refractivity contribution is 0.358. The van der Waals surface area contributed by atoms with Gasteiger partial charge in [0.25, 0.3) is 0 Å². The first kappa shape index (κ1) is 10.7. The zero-order valence-electron chi connectivity index (χ0n) is 9.50. The molecule has 2 rings (SSSR count). The van der Waals surface area contributed by atoms with Gasteiger partial charge in [-0.15, -0.1) is 0 Å². The van der Waals surface area contributed by atoms with Crippen molar-refractivity contribution in [2.45, 2.75) is 45.1 Å². The Balaban J connectivity index is 1.93. The highest BCUT2D eigenvalue weighted by Crippen LogP contribution is 2.28. The van der Waals surface area contributed by atoms with Gasteiger partial charge in [0.05, 0.1) is 0 Å². The van der Waals surface area contributed by atoms with E-state index in [4.69, 9.17) is 0 Å². The summed E-state index contributed by atoms with van der Waals surface area (Å²) in [6.07, 6.45) is 10.4. The molecule has 84 valence electrons. The molecule has 1 aliphatic rings. The van der Waals surface area contributed by atoms with Crippen LogP contribution in [-0.4, -0.2) is 22.6 Å². The SMILES string of the molecule is CCNC(Cc1ncc[nH]1)C1CCCC1. The molecule has 1 unspecified atom stereocenters. The molecule has 1 aliphatic carbocycles. The van der Waals surface area contributed by atoms with E-state index >= 15 is 0 Å². The normalized spacial score (nSPS) is 19.5. The first-order chi connectivity index (χ1) is 7.40. The lowest BCUT2D eigenvalue weighted by atomic mass is 9.95. The molecular weight excluding hydrogens is 186 g/mol. The Morgan fingerprint density at radius 3 is 2.93 bits per heavy atom. The smallest absolute Gasteiger partial charge is 0.107 e. The van der Waals surface area contributed by atoms with E-state index in [2.05, 4.69) is 22.2 Å². The number of rotatable bonds is 5. The van der Waals surface area contributed by atoms with Crippen LogP contribution in [0.5, 0.6) is 0 Å². The molecule has 0 spiro atoms. The van der Waals surface area contributed by atoms with Crippen LogP contribution >= 0.6 is 0 Å². The Hall–Kier alpha value is -0.830. The Morgan fingerprint density at radius 2 is 2.33 bits per heavy atom. The van der Waals surface area contributed by atoms with Gasteiger partial charge in [0.1, 0.15) is 5.82 Å². The Morgan fingerprint density at radius 1 is 1.53 bits per heavy atom. The van der Waals surface area contributed by atoms with Crippen molar-refractivity contribution in [2.24, 2.45) is 5.92 Å². The molecule has 1 atom stereocenters. The molecule has 0 aromatic carbocycles. The molecule has 0 aliphatic heterocycles. The number of hydrogen-bond acceptors (Lipinski definition) is 2. The molecule has 0 saturated heterocycles. The van der Waals surface area contributed by atoms with Crippen molar-refractivity contribution in [3.63, 3.8) is 0 Å². The summed E-state index contributed by atoms with van der Waals surface area (Å²) in [5.41, 5.74) is 0. The third-order valence-corrected chi connectivity index (χ3v) is 3.40. The van der Waals surface area contributed by atoms with Crippen molar-refractivity contribution in [1.29, 1.82) is 0 Å². The van der Waals surface area contributed by atoms with Crippen molar-refractivity contribution in [1.82, 2.24) is 15.3 Å². The molecule has 1 heterocycles. The summed E-state index contributed by atoms with van der Waals surface area (Å²) in [5.74, 6) is 1.97. The van der Waals surface area contributed by atoms with Gasteiger partial charge in [-0.3, -0.25) is 0 Å². The third-order valence-electron chi connectivity index (χ3n) is 3.40. The number of imidazole rings is 1. The number of aromatic amines is 1. The van der Waals surface area contributed by atoms with Crippen LogP contribution < -0.4 is 5.32 Å². The fraction of sp³-hybridized carbons (Fsp3) is 0.750. The average molecular weight is 207 g/mol. The van der Waals surface area contributed by atoms with Crippen molar-refractivity contribution < 1.29 is 0 Å². The van der Waals surface area contributed by atoms with Gasteiger partial charge >= 0.3 is 0 Å². The highest BCUT2D eigenvalue weighted by molar-refractivity contribution is 4.94. The summed E-state index contributed by atoms with van der Waals surface area (Å²) >= 11 is 0. The van der Waals surface area contributed by atoms with Crippen LogP contribution in [0.2, 0.25) is 0 Å². The Bertz CT molecular complexity index is 262. The van der Waals surface area contributed by atoms with Gasteiger partial charge < -0.3 is 10.3 Å². The van der Waals surface area contributed by atoms with E-state index in [1.165, 1.54) is 25.7 Å². The van der Waals surface area contributed by atoms with Crippen LogP contribution in [0.1, 0.15) is 38.4 Å². The summed E-state index contributed by atoms with van der Waals surface area (Å²) in [4.78, 5) is 7.51. The third kappa shape index (κ3) is 2.81. The first-order valence-electron chi connectivity index (χ1n) is 6.11. The second-order valence-electron chi connectivity index (χ2n) is 4.45. The number of aromatic nitrogens is 2. The van der Waals surface area contributed by atoms with Gasteiger partial charge in [-0.1, -0.05) is 19.8 Å². The van der Waals surface area contributed by atoms with Crippen LogP contribution in [0.25, 0.3) is 0 Å². The first-order valence-corrected chi connectivity index (χ1v) is 6.11. The van der Waals surface area contributed by atoms with E-state index in [1.807, 2.05) is 12.4 Å². The van der Waals surface area contributed by atoms with Crippen LogP contribution in [0.4, 0.5) is 0 Å². The van der Waals surface area contributed by atoms with Gasteiger partial charge in [0.15, 0.2) is 0 Å². The largest absolute Gasteiger partial charge is 0.349 e. The molecule has 0 amide bonds. The number of nitrogens with one attached hydrogen (secondary N) is 2. The summed E-state index contributed by atoms with van der Waals surface area (Å²) in [5, 5.41) is 3.60. The quantitative estimate of drug-likeness (QED) is 0.776. The summed E-state index contributed by atoms with van der Waals surface area (Å²) in [7, 11) is 0. The number of hydrogen-bond donors (Lipinski definition) is 2. The van der Waals surface area contributed by atoms with Crippen LogP contribution in [0.15, 0.2) is 12.4 Å². The molecule has 1 aromatic heterocycles. The molecule has 15 heavy (non-hydrogen) atoms. The molecular formula is C12H21N3. The van der Waals surface area contributed by atoms with Gasteiger partial charge in [0, 0.05) is 24.9 Å². The molecule has 0 radical (unpaired) electrons. The molecule has 1 saturated carbocycles. The average Bonchev–Trinajstić information content (AvgIpc) is 2.89. The topological polar surface area (TPSA) is 40.7 Å². The highest BCUT2D eigenvalue weighted by atomic mass is 14.9. The standard InChI is InChI=1S/C12H21N3/c1-2-13-11(10-5-3-4-6-10)9-12-14-7-8-15-12/h7-8,10-11,13H,2-6,9H2,1H3,(H,14,15). The molecule has 1 aromatic rings. The van der Waals surface area contributed by atoms with Crippen LogP contribution in [0.3, 0.4) is 0 Å². The van der Waals surface area contributed by atoms with Crippen molar-refractivity contribution in [3.05, 3.63) is 18.2 Å². The molecule has 3 nitrogen and oxygen atoms in total. The van der Waals surface area contributed by atoms with Crippen molar-refractivity contribution in [3.8, 4) is 0 Å². The fourth-order valence-electron chi connectivity index (χ4n) is 2.65. The maximum absolute atomic E-state index is 4.31. The van der Waals surface area contributed by atoms with Gasteiger partial charge in [-0.2, -0.15) is 0 Å². The van der Waals surface area contributed by atoms with E-state index in [1.54, 1.807) is 0 Å². The maximum Gasteiger partial charge on any atom is 0.107 e. The van der Waals surface area contributed by atoms with E-state index in [9.17, 15) is 0 Å². The Labute approximate surface area is 91.7 Å². The monoisotopic (exact) mass is 207 g/mol. The zero-order valence-corrected chi connectivity index (χ0v) is 9.50. The van der Waals surface area contributed by atoms with Gasteiger partial charge in [-0.25, -0.2) is 4.98 Å². The second kappa shape index (κ2) is 5.31.